The van der Waals surface area contributed by atoms with Gasteiger partial charge in [0.05, 0.1) is 15.5 Å². The van der Waals surface area contributed by atoms with E-state index in [1.165, 1.54) is 24.3 Å². The van der Waals surface area contributed by atoms with Crippen LogP contribution in [0.3, 0.4) is 0 Å². The van der Waals surface area contributed by atoms with E-state index in [1.807, 2.05) is 0 Å². The molecular formula is C14H7ClO5S. The van der Waals surface area contributed by atoms with Crippen LogP contribution in [0.25, 0.3) is 0 Å². The van der Waals surface area contributed by atoms with Crippen molar-refractivity contribution < 1.29 is 22.6 Å². The van der Waals surface area contributed by atoms with Crippen molar-refractivity contribution in [2.75, 3.05) is 0 Å². The SMILES string of the molecule is O=C1c2cc(S(=O)(=O)O)ccc2C(=O)c2c(Cl)cccc21. The fraction of sp³-hybridized carbons (Fsp3) is 0. The molecule has 0 radical (unpaired) electrons. The van der Waals surface area contributed by atoms with Crippen LogP contribution in [0.5, 0.6) is 0 Å². The molecule has 0 fully saturated rings. The summed E-state index contributed by atoms with van der Waals surface area (Å²) < 4.78 is 31.3. The van der Waals surface area contributed by atoms with Crippen LogP contribution in [0, 0.1) is 0 Å². The van der Waals surface area contributed by atoms with Crippen LogP contribution in [-0.4, -0.2) is 24.5 Å². The molecule has 1 N–H and O–H groups in total. The van der Waals surface area contributed by atoms with E-state index in [9.17, 15) is 18.0 Å². The Balaban J connectivity index is 2.31. The third-order valence-corrected chi connectivity index (χ3v) is 4.43. The summed E-state index contributed by atoms with van der Waals surface area (Å²) in [5.41, 5.74) is 0.224. The molecule has 0 saturated carbocycles. The number of carbonyl (C=O) groups excluding carboxylic acids is 2. The summed E-state index contributed by atoms with van der Waals surface area (Å²) in [4.78, 5) is 24.3. The van der Waals surface area contributed by atoms with Gasteiger partial charge in [-0.2, -0.15) is 8.42 Å². The molecule has 0 heterocycles. The van der Waals surface area contributed by atoms with Crippen molar-refractivity contribution in [2.24, 2.45) is 0 Å². The highest BCUT2D eigenvalue weighted by Crippen LogP contribution is 2.32. The Kier molecular flexibility index (Phi) is 2.98. The van der Waals surface area contributed by atoms with Gasteiger partial charge in [-0.05, 0) is 24.3 Å². The number of ketones is 2. The van der Waals surface area contributed by atoms with Gasteiger partial charge in [-0.3, -0.25) is 14.1 Å². The van der Waals surface area contributed by atoms with Crippen molar-refractivity contribution in [3.05, 3.63) is 63.7 Å². The molecule has 3 rings (SSSR count). The molecule has 5 nitrogen and oxygen atoms in total. The molecule has 2 aromatic rings. The van der Waals surface area contributed by atoms with Crippen LogP contribution >= 0.6 is 11.6 Å². The molecule has 2 aromatic carbocycles. The Bertz CT molecular complexity index is 915. The topological polar surface area (TPSA) is 88.5 Å². The van der Waals surface area contributed by atoms with Gasteiger partial charge >= 0.3 is 0 Å². The minimum atomic E-state index is -4.45. The number of hydrogen-bond donors (Lipinski definition) is 1. The standard InChI is InChI=1S/C14H7ClO5S/c15-11-3-1-2-9-12(11)14(17)8-5-4-7(21(18,19)20)6-10(8)13(9)16/h1-6H,(H,18,19,20). The van der Waals surface area contributed by atoms with E-state index in [1.54, 1.807) is 0 Å². The molecule has 0 aromatic heterocycles. The number of fused-ring (bicyclic) bond motifs is 2. The lowest BCUT2D eigenvalue weighted by atomic mass is 9.84. The van der Waals surface area contributed by atoms with Crippen molar-refractivity contribution in [1.29, 1.82) is 0 Å². The largest absolute Gasteiger partial charge is 0.294 e. The van der Waals surface area contributed by atoms with E-state index < -0.39 is 26.6 Å². The maximum atomic E-state index is 12.4. The van der Waals surface area contributed by atoms with Crippen molar-refractivity contribution in [3.8, 4) is 0 Å². The van der Waals surface area contributed by atoms with E-state index in [2.05, 4.69) is 0 Å². The molecule has 0 amide bonds. The lowest BCUT2D eigenvalue weighted by Crippen LogP contribution is -2.21. The third kappa shape index (κ3) is 2.08. The Morgan fingerprint density at radius 3 is 2.29 bits per heavy atom. The fourth-order valence-electron chi connectivity index (χ4n) is 2.29. The number of benzene rings is 2. The first-order chi connectivity index (χ1) is 9.80. The molecule has 0 bridgehead atoms. The molecule has 0 saturated heterocycles. The number of halogens is 1. The average molecular weight is 323 g/mol. The minimum Gasteiger partial charge on any atom is -0.289 e. The Morgan fingerprint density at radius 2 is 1.62 bits per heavy atom. The normalized spacial score (nSPS) is 13.8. The van der Waals surface area contributed by atoms with E-state index >= 15 is 0 Å². The first-order valence-electron chi connectivity index (χ1n) is 5.80. The quantitative estimate of drug-likeness (QED) is 0.695. The van der Waals surface area contributed by atoms with Gasteiger partial charge in [0.15, 0.2) is 11.6 Å². The van der Waals surface area contributed by atoms with Crippen LogP contribution in [-0.2, 0) is 10.1 Å². The minimum absolute atomic E-state index is 0.0630. The van der Waals surface area contributed by atoms with Gasteiger partial charge in [0.1, 0.15) is 0 Å². The number of carbonyl (C=O) groups is 2. The van der Waals surface area contributed by atoms with Crippen LogP contribution in [0.15, 0.2) is 41.3 Å². The summed E-state index contributed by atoms with van der Waals surface area (Å²) in [6.45, 7) is 0. The molecule has 106 valence electrons. The molecule has 1 aliphatic carbocycles. The molecular weight excluding hydrogens is 316 g/mol. The second kappa shape index (κ2) is 4.49. The lowest BCUT2D eigenvalue weighted by Gasteiger charge is -2.18. The van der Waals surface area contributed by atoms with Gasteiger partial charge < -0.3 is 0 Å². The van der Waals surface area contributed by atoms with Gasteiger partial charge in [0.25, 0.3) is 10.1 Å². The highest BCUT2D eigenvalue weighted by Gasteiger charge is 2.32. The van der Waals surface area contributed by atoms with Gasteiger partial charge in [-0.15, -0.1) is 0 Å². The summed E-state index contributed by atoms with van der Waals surface area (Å²) in [5, 5.41) is 0.162. The second-order valence-corrected chi connectivity index (χ2v) is 6.33. The van der Waals surface area contributed by atoms with Crippen LogP contribution in [0.1, 0.15) is 31.8 Å². The van der Waals surface area contributed by atoms with Crippen LogP contribution < -0.4 is 0 Å². The van der Waals surface area contributed by atoms with E-state index in [0.29, 0.717) is 0 Å². The fourth-order valence-corrected chi connectivity index (χ4v) is 3.06. The highest BCUT2D eigenvalue weighted by molar-refractivity contribution is 7.85. The van der Waals surface area contributed by atoms with Crippen molar-refractivity contribution in [3.63, 3.8) is 0 Å². The average Bonchev–Trinajstić information content (AvgIpc) is 2.43. The summed E-state index contributed by atoms with van der Waals surface area (Å²) in [6, 6.07) is 7.75. The van der Waals surface area contributed by atoms with E-state index in [4.69, 9.17) is 16.2 Å². The summed E-state index contributed by atoms with van der Waals surface area (Å²) in [7, 11) is -4.45. The zero-order valence-corrected chi connectivity index (χ0v) is 11.9. The zero-order valence-electron chi connectivity index (χ0n) is 10.3. The molecule has 21 heavy (non-hydrogen) atoms. The predicted octanol–water partition coefficient (Wildman–Crippen LogP) is 2.36. The van der Waals surface area contributed by atoms with Gasteiger partial charge in [0, 0.05) is 16.7 Å². The Hall–Kier alpha value is -2.02. The molecule has 0 atom stereocenters. The summed E-state index contributed by atoms with van der Waals surface area (Å²) >= 11 is 5.96. The maximum Gasteiger partial charge on any atom is 0.294 e. The highest BCUT2D eigenvalue weighted by atomic mass is 35.5. The molecule has 0 spiro atoms. The van der Waals surface area contributed by atoms with Crippen molar-refractivity contribution >= 4 is 33.3 Å². The molecule has 7 heteroatoms. The number of hydrogen-bond acceptors (Lipinski definition) is 4. The van der Waals surface area contributed by atoms with Gasteiger partial charge in [0.2, 0.25) is 0 Å². The van der Waals surface area contributed by atoms with Gasteiger partial charge in [-0.1, -0.05) is 23.7 Å². The molecule has 0 aliphatic heterocycles. The van der Waals surface area contributed by atoms with E-state index in [0.717, 1.165) is 12.1 Å². The molecule has 0 unspecified atom stereocenters. The first kappa shape index (κ1) is 13.9. The molecule has 1 aliphatic rings. The maximum absolute atomic E-state index is 12.4. The smallest absolute Gasteiger partial charge is 0.289 e. The van der Waals surface area contributed by atoms with Crippen LogP contribution in [0.2, 0.25) is 5.02 Å². The van der Waals surface area contributed by atoms with Crippen LogP contribution in [0.4, 0.5) is 0 Å². The van der Waals surface area contributed by atoms with E-state index in [-0.39, 0.29) is 27.3 Å². The first-order valence-corrected chi connectivity index (χ1v) is 7.62. The summed E-state index contributed by atoms with van der Waals surface area (Å²) in [6.07, 6.45) is 0. The lowest BCUT2D eigenvalue weighted by molar-refractivity contribution is 0.0979. The number of rotatable bonds is 1. The predicted molar refractivity (Wildman–Crippen MR) is 74.6 cm³/mol. The Labute approximate surface area is 124 Å². The zero-order chi connectivity index (χ0) is 15.4. The summed E-state index contributed by atoms with van der Waals surface area (Å²) in [5.74, 6) is -0.959. The van der Waals surface area contributed by atoms with Gasteiger partial charge in [-0.25, -0.2) is 0 Å². The Morgan fingerprint density at radius 1 is 0.905 bits per heavy atom. The van der Waals surface area contributed by atoms with Crippen molar-refractivity contribution in [2.45, 2.75) is 4.90 Å². The monoisotopic (exact) mass is 322 g/mol. The van der Waals surface area contributed by atoms with Crippen molar-refractivity contribution in [1.82, 2.24) is 0 Å². The second-order valence-electron chi connectivity index (χ2n) is 4.50. The third-order valence-electron chi connectivity index (χ3n) is 3.26.